The van der Waals surface area contributed by atoms with Crippen LogP contribution < -0.4 is 11.1 Å². The van der Waals surface area contributed by atoms with Crippen LogP contribution in [0.15, 0.2) is 18.2 Å². The minimum atomic E-state index is -0.565. The second-order valence-electron chi connectivity index (χ2n) is 3.84. The van der Waals surface area contributed by atoms with Gasteiger partial charge in [0.2, 0.25) is 5.91 Å². The molecule has 5 heteroatoms. The number of carbonyl (C=O) groups excluding carboxylic acids is 1. The van der Waals surface area contributed by atoms with Crippen molar-refractivity contribution in [2.75, 3.05) is 19.0 Å². The molecule has 0 aliphatic carbocycles. The van der Waals surface area contributed by atoms with Crippen molar-refractivity contribution in [1.29, 1.82) is 0 Å². The van der Waals surface area contributed by atoms with Crippen LogP contribution in [0, 0.1) is 6.92 Å². The molecule has 94 valence electrons. The van der Waals surface area contributed by atoms with Crippen molar-refractivity contribution < 1.29 is 9.53 Å². The molecule has 0 radical (unpaired) electrons. The number of rotatable bonds is 5. The van der Waals surface area contributed by atoms with Crippen molar-refractivity contribution in [1.82, 2.24) is 0 Å². The molecule has 0 aromatic heterocycles. The molecular formula is C12H17ClN2O2. The smallest absolute Gasteiger partial charge is 0.241 e. The summed E-state index contributed by atoms with van der Waals surface area (Å²) in [5, 5.41) is 3.41. The Morgan fingerprint density at radius 1 is 1.59 bits per heavy atom. The Morgan fingerprint density at radius 2 is 2.29 bits per heavy atom. The van der Waals surface area contributed by atoms with Gasteiger partial charge in [-0.15, -0.1) is 0 Å². The van der Waals surface area contributed by atoms with E-state index in [1.54, 1.807) is 25.3 Å². The van der Waals surface area contributed by atoms with Crippen LogP contribution in [-0.4, -0.2) is 25.7 Å². The van der Waals surface area contributed by atoms with Gasteiger partial charge in [0, 0.05) is 24.4 Å². The van der Waals surface area contributed by atoms with Gasteiger partial charge in [-0.3, -0.25) is 4.79 Å². The number of amides is 1. The number of hydrogen-bond donors (Lipinski definition) is 2. The first kappa shape index (κ1) is 14.0. The highest BCUT2D eigenvalue weighted by atomic mass is 35.5. The van der Waals surface area contributed by atoms with Gasteiger partial charge >= 0.3 is 0 Å². The Kier molecular flexibility index (Phi) is 5.41. The third-order valence-corrected chi connectivity index (χ3v) is 2.65. The normalized spacial score (nSPS) is 12.2. The number of nitrogens with one attached hydrogen (secondary N) is 1. The molecule has 1 atom stereocenters. The molecule has 0 saturated carbocycles. The van der Waals surface area contributed by atoms with Gasteiger partial charge in [0.1, 0.15) is 0 Å². The van der Waals surface area contributed by atoms with Gasteiger partial charge in [0.15, 0.2) is 0 Å². The summed E-state index contributed by atoms with van der Waals surface area (Å²) in [6, 6.07) is 4.71. The molecule has 3 N–H and O–H groups in total. The molecule has 0 saturated heterocycles. The maximum atomic E-state index is 11.7. The number of benzene rings is 1. The van der Waals surface area contributed by atoms with Gasteiger partial charge < -0.3 is 15.8 Å². The van der Waals surface area contributed by atoms with Crippen molar-refractivity contribution in [3.8, 4) is 0 Å². The average Bonchev–Trinajstić information content (AvgIpc) is 2.29. The molecule has 0 bridgehead atoms. The van der Waals surface area contributed by atoms with E-state index in [-0.39, 0.29) is 5.91 Å². The van der Waals surface area contributed by atoms with E-state index in [9.17, 15) is 4.79 Å². The van der Waals surface area contributed by atoms with E-state index in [4.69, 9.17) is 22.1 Å². The highest BCUT2D eigenvalue weighted by Crippen LogP contribution is 2.19. The van der Waals surface area contributed by atoms with Crippen LogP contribution in [0.5, 0.6) is 0 Å². The summed E-state index contributed by atoms with van der Waals surface area (Å²) in [5.74, 6) is -0.215. The molecule has 0 fully saturated rings. The SMILES string of the molecule is COCCC(N)C(=O)Nc1ccc(Cl)cc1C. The molecule has 17 heavy (non-hydrogen) atoms. The van der Waals surface area contributed by atoms with Crippen molar-refractivity contribution >= 4 is 23.2 Å². The van der Waals surface area contributed by atoms with E-state index >= 15 is 0 Å². The summed E-state index contributed by atoms with van der Waals surface area (Å²) in [4.78, 5) is 11.7. The van der Waals surface area contributed by atoms with Gasteiger partial charge in [-0.2, -0.15) is 0 Å². The molecule has 4 nitrogen and oxygen atoms in total. The maximum absolute atomic E-state index is 11.7. The standard InChI is InChI=1S/C12H17ClN2O2/c1-8-7-9(13)3-4-11(8)15-12(16)10(14)5-6-17-2/h3-4,7,10H,5-6,14H2,1-2H3,(H,15,16). The second kappa shape index (κ2) is 6.59. The van der Waals surface area contributed by atoms with Crippen molar-refractivity contribution in [2.24, 2.45) is 5.73 Å². The van der Waals surface area contributed by atoms with Crippen LogP contribution in [-0.2, 0) is 9.53 Å². The van der Waals surface area contributed by atoms with Gasteiger partial charge in [0.05, 0.1) is 6.04 Å². The van der Waals surface area contributed by atoms with E-state index in [0.29, 0.717) is 18.1 Å². The molecule has 1 amide bonds. The van der Waals surface area contributed by atoms with Crippen molar-refractivity contribution in [3.05, 3.63) is 28.8 Å². The largest absolute Gasteiger partial charge is 0.385 e. The molecule has 0 aliphatic rings. The lowest BCUT2D eigenvalue weighted by molar-refractivity contribution is -0.117. The van der Waals surface area contributed by atoms with E-state index in [1.807, 2.05) is 6.92 Å². The number of halogens is 1. The predicted molar refractivity (Wildman–Crippen MR) is 69.3 cm³/mol. The van der Waals surface area contributed by atoms with Crippen LogP contribution >= 0.6 is 11.6 Å². The fourth-order valence-electron chi connectivity index (χ4n) is 1.37. The first-order valence-corrected chi connectivity index (χ1v) is 5.74. The van der Waals surface area contributed by atoms with Crippen LogP contribution in [0.2, 0.25) is 5.02 Å². The summed E-state index contributed by atoms with van der Waals surface area (Å²) < 4.78 is 4.87. The molecule has 1 rings (SSSR count). The Bertz CT molecular complexity index is 396. The zero-order chi connectivity index (χ0) is 12.8. The third kappa shape index (κ3) is 4.34. The zero-order valence-electron chi connectivity index (χ0n) is 10.00. The quantitative estimate of drug-likeness (QED) is 0.846. The molecule has 0 aliphatic heterocycles. The topological polar surface area (TPSA) is 64.3 Å². The van der Waals surface area contributed by atoms with E-state index in [2.05, 4.69) is 5.32 Å². The fraction of sp³-hybridized carbons (Fsp3) is 0.417. The highest BCUT2D eigenvalue weighted by Gasteiger charge is 2.13. The van der Waals surface area contributed by atoms with Crippen LogP contribution in [0.4, 0.5) is 5.69 Å². The van der Waals surface area contributed by atoms with Gasteiger partial charge in [-0.1, -0.05) is 11.6 Å². The fourth-order valence-corrected chi connectivity index (χ4v) is 1.60. The minimum absolute atomic E-state index is 0.215. The molecule has 1 aromatic carbocycles. The number of ether oxygens (including phenoxy) is 1. The van der Waals surface area contributed by atoms with Gasteiger partial charge in [-0.25, -0.2) is 0 Å². The predicted octanol–water partition coefficient (Wildman–Crippen LogP) is 1.95. The van der Waals surface area contributed by atoms with Crippen molar-refractivity contribution in [2.45, 2.75) is 19.4 Å². The van der Waals surface area contributed by atoms with E-state index in [1.165, 1.54) is 0 Å². The van der Waals surface area contributed by atoms with Gasteiger partial charge in [0.25, 0.3) is 0 Å². The Morgan fingerprint density at radius 3 is 2.88 bits per heavy atom. The summed E-state index contributed by atoms with van der Waals surface area (Å²) >= 11 is 5.83. The average molecular weight is 257 g/mol. The summed E-state index contributed by atoms with van der Waals surface area (Å²) in [7, 11) is 1.58. The molecule has 0 heterocycles. The molecule has 0 spiro atoms. The van der Waals surface area contributed by atoms with Gasteiger partial charge in [-0.05, 0) is 37.1 Å². The molecular weight excluding hydrogens is 240 g/mol. The Hall–Kier alpha value is -1.10. The number of nitrogens with two attached hydrogens (primary N) is 1. The number of anilines is 1. The molecule has 1 aromatic rings. The molecule has 1 unspecified atom stereocenters. The number of aryl methyl sites for hydroxylation is 1. The summed E-state index contributed by atoms with van der Waals surface area (Å²) in [6.07, 6.45) is 0.495. The van der Waals surface area contributed by atoms with Crippen LogP contribution in [0.1, 0.15) is 12.0 Å². The summed E-state index contributed by atoms with van der Waals surface area (Å²) in [5.41, 5.74) is 7.35. The first-order chi connectivity index (χ1) is 8.04. The number of methoxy groups -OCH3 is 1. The lowest BCUT2D eigenvalue weighted by atomic mass is 10.1. The zero-order valence-corrected chi connectivity index (χ0v) is 10.8. The van der Waals surface area contributed by atoms with Crippen LogP contribution in [0.25, 0.3) is 0 Å². The summed E-state index contributed by atoms with van der Waals surface area (Å²) in [6.45, 7) is 2.34. The lowest BCUT2D eigenvalue weighted by Crippen LogP contribution is -2.36. The number of hydrogen-bond acceptors (Lipinski definition) is 3. The first-order valence-electron chi connectivity index (χ1n) is 5.36. The van der Waals surface area contributed by atoms with E-state index in [0.717, 1.165) is 11.3 Å². The number of carbonyl (C=O) groups is 1. The highest BCUT2D eigenvalue weighted by molar-refractivity contribution is 6.30. The monoisotopic (exact) mass is 256 g/mol. The van der Waals surface area contributed by atoms with Crippen LogP contribution in [0.3, 0.4) is 0 Å². The maximum Gasteiger partial charge on any atom is 0.241 e. The Balaban J connectivity index is 2.61. The second-order valence-corrected chi connectivity index (χ2v) is 4.27. The third-order valence-electron chi connectivity index (χ3n) is 2.42. The minimum Gasteiger partial charge on any atom is -0.385 e. The lowest BCUT2D eigenvalue weighted by Gasteiger charge is -2.13. The van der Waals surface area contributed by atoms with E-state index < -0.39 is 6.04 Å². The Labute approximate surface area is 106 Å². The van der Waals surface area contributed by atoms with Crippen molar-refractivity contribution in [3.63, 3.8) is 0 Å².